The molecule has 0 amide bonds. The smallest absolute Gasteiger partial charge is 0.0798 e. The average Bonchev–Trinajstić information content (AvgIpc) is 2.79. The Balaban J connectivity index is 2.09. The molecular weight excluding hydrogens is 408 g/mol. The first-order valence-electron chi connectivity index (χ1n) is 12.8. The van der Waals surface area contributed by atoms with E-state index in [1.807, 2.05) is 18.2 Å². The van der Waals surface area contributed by atoms with Crippen LogP contribution in [0.2, 0.25) is 0 Å². The molecule has 1 N–H and O–H groups in total. The number of allylic oxidation sites excluding steroid dienone is 3. The maximum absolute atomic E-state index is 10.9. The molecule has 0 saturated heterocycles. The lowest BCUT2D eigenvalue weighted by molar-refractivity contribution is 0.000269. The zero-order valence-corrected chi connectivity index (χ0v) is 21.1. The first-order valence-corrected chi connectivity index (χ1v) is 12.8. The molecule has 0 fully saturated rings. The molecule has 2 aliphatic rings. The second-order valence-corrected chi connectivity index (χ2v) is 9.81. The van der Waals surface area contributed by atoms with Crippen LogP contribution in [0.4, 0.5) is 0 Å². The summed E-state index contributed by atoms with van der Waals surface area (Å²) in [6.45, 7) is 15.6. The first kappa shape index (κ1) is 27.6. The SMILES string of the molecule is C=C[C@H]1C/C=C/C(C(O)/C=C/C2CC(C)=CCO2)C/C=C/CCC(=C)CC(C)CC(CC)O1. The molecule has 3 heteroatoms. The van der Waals surface area contributed by atoms with Crippen molar-refractivity contribution in [2.24, 2.45) is 11.8 Å². The molecule has 184 valence electrons. The van der Waals surface area contributed by atoms with E-state index in [9.17, 15) is 5.11 Å². The largest absolute Gasteiger partial charge is 0.388 e. The van der Waals surface area contributed by atoms with Crippen LogP contribution in [0.1, 0.15) is 72.1 Å². The molecule has 5 unspecified atom stereocenters. The summed E-state index contributed by atoms with van der Waals surface area (Å²) in [5.74, 6) is 0.584. The molecule has 0 aromatic heterocycles. The van der Waals surface area contributed by atoms with Crippen molar-refractivity contribution in [2.45, 2.75) is 96.6 Å². The Hall–Kier alpha value is -1.68. The zero-order valence-electron chi connectivity index (χ0n) is 21.1. The van der Waals surface area contributed by atoms with Gasteiger partial charge in [-0.05, 0) is 64.2 Å². The van der Waals surface area contributed by atoms with E-state index in [2.05, 4.69) is 64.3 Å². The molecule has 2 rings (SSSR count). The van der Waals surface area contributed by atoms with Crippen molar-refractivity contribution < 1.29 is 14.6 Å². The van der Waals surface area contributed by atoms with E-state index in [1.54, 1.807) is 0 Å². The number of aliphatic hydroxyl groups is 1. The normalized spacial score (nSPS) is 33.9. The molecule has 0 aliphatic carbocycles. The third-order valence-corrected chi connectivity index (χ3v) is 6.61. The van der Waals surface area contributed by atoms with Gasteiger partial charge in [0.15, 0.2) is 0 Å². The van der Waals surface area contributed by atoms with Crippen LogP contribution in [-0.2, 0) is 9.47 Å². The van der Waals surface area contributed by atoms with Gasteiger partial charge in [0.1, 0.15) is 0 Å². The van der Waals surface area contributed by atoms with Gasteiger partial charge in [0, 0.05) is 5.92 Å². The molecule has 0 bridgehead atoms. The second kappa shape index (κ2) is 15.3. The van der Waals surface area contributed by atoms with Crippen LogP contribution in [-0.4, -0.2) is 36.1 Å². The molecule has 0 aromatic rings. The fourth-order valence-electron chi connectivity index (χ4n) is 4.56. The van der Waals surface area contributed by atoms with Gasteiger partial charge in [-0.15, -0.1) is 6.58 Å². The van der Waals surface area contributed by atoms with Gasteiger partial charge in [0.2, 0.25) is 0 Å². The Bertz CT molecular complexity index is 714. The molecule has 0 aromatic carbocycles. The fraction of sp³-hybridized carbons (Fsp3) is 0.600. The summed E-state index contributed by atoms with van der Waals surface area (Å²) >= 11 is 0. The quantitative estimate of drug-likeness (QED) is 0.444. The number of hydrogen-bond acceptors (Lipinski definition) is 3. The molecule has 0 radical (unpaired) electrons. The summed E-state index contributed by atoms with van der Waals surface area (Å²) in [4.78, 5) is 0. The van der Waals surface area contributed by atoms with E-state index in [4.69, 9.17) is 9.47 Å². The summed E-state index contributed by atoms with van der Waals surface area (Å²) in [5, 5.41) is 10.9. The third-order valence-electron chi connectivity index (χ3n) is 6.61. The van der Waals surface area contributed by atoms with Gasteiger partial charge in [0.25, 0.3) is 0 Å². The Kier molecular flexibility index (Phi) is 12.8. The molecule has 0 saturated carbocycles. The Morgan fingerprint density at radius 2 is 2.00 bits per heavy atom. The van der Waals surface area contributed by atoms with Crippen LogP contribution >= 0.6 is 0 Å². The van der Waals surface area contributed by atoms with Gasteiger partial charge < -0.3 is 14.6 Å². The van der Waals surface area contributed by atoms with Crippen molar-refractivity contribution in [3.8, 4) is 0 Å². The number of aliphatic hydroxyl groups excluding tert-OH is 1. The summed E-state index contributed by atoms with van der Waals surface area (Å²) in [7, 11) is 0. The Morgan fingerprint density at radius 1 is 1.18 bits per heavy atom. The number of rotatable bonds is 5. The summed E-state index contributed by atoms with van der Waals surface area (Å²) in [6.07, 6.45) is 24.0. The van der Waals surface area contributed by atoms with Gasteiger partial charge in [-0.3, -0.25) is 0 Å². The second-order valence-electron chi connectivity index (χ2n) is 9.81. The highest BCUT2D eigenvalue weighted by Crippen LogP contribution is 2.24. The van der Waals surface area contributed by atoms with E-state index < -0.39 is 6.10 Å². The van der Waals surface area contributed by atoms with E-state index in [0.717, 1.165) is 51.4 Å². The summed E-state index contributed by atoms with van der Waals surface area (Å²) < 4.78 is 12.1. The fourth-order valence-corrected chi connectivity index (χ4v) is 4.56. The minimum atomic E-state index is -0.554. The molecule has 3 nitrogen and oxygen atoms in total. The van der Waals surface area contributed by atoms with E-state index in [1.165, 1.54) is 11.1 Å². The lowest BCUT2D eigenvalue weighted by Gasteiger charge is -2.25. The predicted molar refractivity (Wildman–Crippen MR) is 140 cm³/mol. The topological polar surface area (TPSA) is 38.7 Å². The van der Waals surface area contributed by atoms with Crippen molar-refractivity contribution in [2.75, 3.05) is 6.61 Å². The lowest BCUT2D eigenvalue weighted by Crippen LogP contribution is -2.22. The average molecular weight is 455 g/mol. The lowest BCUT2D eigenvalue weighted by atomic mass is 9.92. The Labute approximate surface area is 202 Å². The van der Waals surface area contributed by atoms with Gasteiger partial charge in [-0.2, -0.15) is 0 Å². The highest BCUT2D eigenvalue weighted by molar-refractivity contribution is 5.11. The predicted octanol–water partition coefficient (Wildman–Crippen LogP) is 7.26. The molecule has 0 spiro atoms. The van der Waals surface area contributed by atoms with Crippen molar-refractivity contribution in [1.82, 2.24) is 0 Å². The molecule has 2 heterocycles. The van der Waals surface area contributed by atoms with Crippen molar-refractivity contribution in [3.05, 3.63) is 72.9 Å². The van der Waals surface area contributed by atoms with Crippen LogP contribution in [0.3, 0.4) is 0 Å². The van der Waals surface area contributed by atoms with Crippen LogP contribution in [0.5, 0.6) is 0 Å². The maximum atomic E-state index is 10.9. The molecule has 2 aliphatic heterocycles. The van der Waals surface area contributed by atoms with Crippen molar-refractivity contribution >= 4 is 0 Å². The minimum absolute atomic E-state index is 0.0104. The number of ether oxygens (including phenoxy) is 2. The standard InChI is InChI=1S/C30H46O3/c1-6-27-15-11-14-26(30(31)17-16-29-21-24(4)18-19-32-29)13-10-8-9-12-23(3)20-25(5)22-28(7-2)33-27/h6,8,10-11,14,16-18,25-31H,1,3,7,9,12-13,15,19-22H2,2,4-5H3/b10-8+,14-11+,17-16+/t25?,26?,27-,28?,29?,30?/m0/s1. The number of hydrogen-bond donors (Lipinski definition) is 1. The summed E-state index contributed by atoms with van der Waals surface area (Å²) in [6, 6.07) is 0. The van der Waals surface area contributed by atoms with E-state index in [-0.39, 0.29) is 24.2 Å². The monoisotopic (exact) mass is 454 g/mol. The highest BCUT2D eigenvalue weighted by Gasteiger charge is 2.18. The van der Waals surface area contributed by atoms with Gasteiger partial charge in [0.05, 0.1) is 31.0 Å². The molecule has 6 atom stereocenters. The van der Waals surface area contributed by atoms with Gasteiger partial charge in [-0.25, -0.2) is 0 Å². The van der Waals surface area contributed by atoms with Crippen LogP contribution in [0.15, 0.2) is 72.9 Å². The maximum Gasteiger partial charge on any atom is 0.0798 e. The van der Waals surface area contributed by atoms with Crippen LogP contribution in [0.25, 0.3) is 0 Å². The first-order chi connectivity index (χ1) is 15.9. The molecule has 33 heavy (non-hydrogen) atoms. The zero-order chi connectivity index (χ0) is 24.1. The highest BCUT2D eigenvalue weighted by atomic mass is 16.5. The molecular formula is C30H46O3. The van der Waals surface area contributed by atoms with Gasteiger partial charge >= 0.3 is 0 Å². The Morgan fingerprint density at radius 3 is 2.73 bits per heavy atom. The van der Waals surface area contributed by atoms with Crippen molar-refractivity contribution in [3.63, 3.8) is 0 Å². The van der Waals surface area contributed by atoms with Crippen LogP contribution in [0, 0.1) is 11.8 Å². The van der Waals surface area contributed by atoms with Crippen molar-refractivity contribution in [1.29, 1.82) is 0 Å². The van der Waals surface area contributed by atoms with E-state index in [0.29, 0.717) is 12.5 Å². The summed E-state index contributed by atoms with van der Waals surface area (Å²) in [5.41, 5.74) is 2.65. The third kappa shape index (κ3) is 10.9. The van der Waals surface area contributed by atoms with Crippen LogP contribution < -0.4 is 0 Å². The van der Waals surface area contributed by atoms with E-state index >= 15 is 0 Å². The van der Waals surface area contributed by atoms with Gasteiger partial charge in [-0.1, -0.05) is 80.2 Å². The minimum Gasteiger partial charge on any atom is -0.388 e.